The third kappa shape index (κ3) is 7.42. The van der Waals surface area contributed by atoms with Crippen LogP contribution in [0.3, 0.4) is 0 Å². The van der Waals surface area contributed by atoms with E-state index in [-0.39, 0.29) is 12.1 Å². The Morgan fingerprint density at radius 1 is 1.30 bits per heavy atom. The number of hydrogen-bond donors (Lipinski definition) is 2. The number of carbonyl (C=O) groups excluding carboxylic acids is 1. The van der Waals surface area contributed by atoms with Crippen LogP contribution < -0.4 is 5.32 Å². The minimum atomic E-state index is -1.05. The maximum Gasteiger partial charge on any atom is 0.337 e. The average Bonchev–Trinajstić information content (AvgIpc) is 3.40. The van der Waals surface area contributed by atoms with E-state index in [0.717, 1.165) is 60.6 Å². The highest BCUT2D eigenvalue weighted by Crippen LogP contribution is 2.32. The average molecular weight is 456 g/mol. The van der Waals surface area contributed by atoms with Crippen molar-refractivity contribution in [3.63, 3.8) is 0 Å². The number of nitrogens with zero attached hydrogens (tertiary/aromatic N) is 2. The first kappa shape index (κ1) is 23.3. The fourth-order valence-electron chi connectivity index (χ4n) is 3.64. The summed E-state index contributed by atoms with van der Waals surface area (Å²) in [5.41, 5.74) is 1.65. The number of amides is 2. The molecule has 1 atom stereocenters. The number of rotatable bonds is 11. The third-order valence-corrected chi connectivity index (χ3v) is 7.71. The summed E-state index contributed by atoms with van der Waals surface area (Å²) in [5, 5.41) is 11.3. The van der Waals surface area contributed by atoms with Crippen molar-refractivity contribution in [1.29, 1.82) is 0 Å². The van der Waals surface area contributed by atoms with Crippen LogP contribution in [-0.2, 0) is 9.53 Å². The second kappa shape index (κ2) is 11.3. The monoisotopic (exact) mass is 455 g/mol. The maximum atomic E-state index is 13.1. The first-order valence-electron chi connectivity index (χ1n) is 10.9. The lowest BCUT2D eigenvalue weighted by Gasteiger charge is -2.37. The third-order valence-electron chi connectivity index (χ3n) is 5.68. The van der Waals surface area contributed by atoms with Gasteiger partial charge in [-0.2, -0.15) is 0 Å². The van der Waals surface area contributed by atoms with Crippen molar-refractivity contribution in [2.24, 2.45) is 11.8 Å². The zero-order chi connectivity index (χ0) is 21.5. The summed E-state index contributed by atoms with van der Waals surface area (Å²) in [7, 11) is 0. The van der Waals surface area contributed by atoms with E-state index < -0.39 is 11.3 Å². The van der Waals surface area contributed by atoms with Crippen molar-refractivity contribution in [3.8, 4) is 0 Å². The van der Waals surface area contributed by atoms with Gasteiger partial charge in [0.1, 0.15) is 0 Å². The van der Waals surface area contributed by atoms with Gasteiger partial charge in [0.05, 0.1) is 22.0 Å². The van der Waals surface area contributed by atoms with Gasteiger partial charge in [-0.15, -0.1) is 11.3 Å². The van der Waals surface area contributed by atoms with Crippen LogP contribution in [0.2, 0.25) is 0 Å². The number of thioether (sulfide) groups is 1. The fourth-order valence-corrected chi connectivity index (χ4v) is 5.24. The highest BCUT2D eigenvalue weighted by atomic mass is 32.2. The van der Waals surface area contributed by atoms with E-state index in [1.807, 2.05) is 4.90 Å². The molecular weight excluding hydrogens is 422 g/mol. The molecule has 2 amide bonds. The molecule has 1 aromatic heterocycles. The zero-order valence-electron chi connectivity index (χ0n) is 17.8. The lowest BCUT2D eigenvalue weighted by molar-refractivity contribution is -0.136. The topological polar surface area (TPSA) is 91.8 Å². The van der Waals surface area contributed by atoms with Gasteiger partial charge in [-0.3, -0.25) is 4.98 Å². The Morgan fingerprint density at radius 3 is 2.60 bits per heavy atom. The Kier molecular flexibility index (Phi) is 8.83. The molecule has 7 nitrogen and oxygen atoms in total. The van der Waals surface area contributed by atoms with Crippen LogP contribution >= 0.6 is 23.1 Å². The molecule has 1 aromatic rings. The summed E-state index contributed by atoms with van der Waals surface area (Å²) in [6.07, 6.45) is 9.13. The minimum Gasteiger partial charge on any atom is -0.479 e. The number of aromatic nitrogens is 1. The summed E-state index contributed by atoms with van der Waals surface area (Å²) in [4.78, 5) is 30.7. The fraction of sp³-hybridized carbons (Fsp3) is 0.762. The summed E-state index contributed by atoms with van der Waals surface area (Å²) in [5.74, 6) is 0.183. The predicted octanol–water partition coefficient (Wildman–Crippen LogP) is 4.44. The normalized spacial score (nSPS) is 22.6. The molecule has 2 saturated carbocycles. The molecule has 2 fully saturated rings. The first-order chi connectivity index (χ1) is 14.4. The lowest BCUT2D eigenvalue weighted by Crippen LogP contribution is -2.52. The molecule has 0 radical (unpaired) electrons. The summed E-state index contributed by atoms with van der Waals surface area (Å²) in [6.45, 7) is 5.79. The van der Waals surface area contributed by atoms with Crippen molar-refractivity contribution >= 4 is 35.1 Å². The van der Waals surface area contributed by atoms with Crippen LogP contribution in [0.25, 0.3) is 0 Å². The molecule has 0 spiro atoms. The van der Waals surface area contributed by atoms with Crippen molar-refractivity contribution < 1.29 is 19.4 Å². The molecule has 1 heterocycles. The van der Waals surface area contributed by atoms with Crippen molar-refractivity contribution in [2.45, 2.75) is 80.5 Å². The van der Waals surface area contributed by atoms with Crippen molar-refractivity contribution in [2.75, 3.05) is 13.2 Å². The van der Waals surface area contributed by atoms with E-state index in [9.17, 15) is 14.7 Å². The smallest absolute Gasteiger partial charge is 0.337 e. The molecule has 1 unspecified atom stereocenters. The Morgan fingerprint density at radius 2 is 2.03 bits per heavy atom. The molecule has 0 bridgehead atoms. The highest BCUT2D eigenvalue weighted by molar-refractivity contribution is 8.02. The van der Waals surface area contributed by atoms with Crippen LogP contribution in [0.4, 0.5) is 4.79 Å². The predicted molar refractivity (Wildman–Crippen MR) is 119 cm³/mol. The van der Waals surface area contributed by atoms with Gasteiger partial charge in [0.15, 0.2) is 5.37 Å². The van der Waals surface area contributed by atoms with Gasteiger partial charge in [-0.1, -0.05) is 25.6 Å². The SMILES string of the molecule is CC(C)CCN(C(=O)NC(Sc1cncs1)C(=O)O)C1CCC(OCC2CC2)CC1. The highest BCUT2D eigenvalue weighted by Gasteiger charge is 2.32. The minimum absolute atomic E-state index is 0.132. The number of hydrogen-bond acceptors (Lipinski definition) is 6. The largest absolute Gasteiger partial charge is 0.479 e. The molecular formula is C21H33N3O4S2. The summed E-state index contributed by atoms with van der Waals surface area (Å²) >= 11 is 2.48. The van der Waals surface area contributed by atoms with Crippen molar-refractivity contribution in [3.05, 3.63) is 11.7 Å². The standard InChI is InChI=1S/C21H33N3O4S2/c1-14(2)9-10-24(16-5-7-17(8-6-16)28-12-15-3-4-15)21(27)23-19(20(25)26)30-18-11-22-13-29-18/h11,13-17,19H,3-10,12H2,1-2H3,(H,23,27)(H,25,26). The number of nitrogens with one attached hydrogen (secondary N) is 1. The van der Waals surface area contributed by atoms with Crippen LogP contribution in [0.5, 0.6) is 0 Å². The molecule has 0 saturated heterocycles. The van der Waals surface area contributed by atoms with Gasteiger partial charge in [0, 0.05) is 19.2 Å². The van der Waals surface area contributed by atoms with E-state index in [1.165, 1.54) is 24.2 Å². The summed E-state index contributed by atoms with van der Waals surface area (Å²) < 4.78 is 6.81. The molecule has 2 N–H and O–H groups in total. The van der Waals surface area contributed by atoms with E-state index in [4.69, 9.17) is 4.74 Å². The number of thiazole rings is 1. The van der Waals surface area contributed by atoms with Gasteiger partial charge >= 0.3 is 12.0 Å². The molecule has 2 aliphatic rings. The first-order valence-corrected chi connectivity index (χ1v) is 12.6. The number of carbonyl (C=O) groups is 2. The lowest BCUT2D eigenvalue weighted by atomic mass is 9.91. The summed E-state index contributed by atoms with van der Waals surface area (Å²) in [6, 6.07) is -0.158. The van der Waals surface area contributed by atoms with Gasteiger partial charge in [0.25, 0.3) is 0 Å². The Hall–Kier alpha value is -1.32. The molecule has 30 heavy (non-hydrogen) atoms. The number of aliphatic carboxylic acids is 1. The van der Waals surface area contributed by atoms with Crippen LogP contribution in [-0.4, -0.2) is 57.7 Å². The van der Waals surface area contributed by atoms with Gasteiger partial charge < -0.3 is 20.1 Å². The Balaban J connectivity index is 1.57. The van der Waals surface area contributed by atoms with Gasteiger partial charge in [-0.25, -0.2) is 9.59 Å². The number of ether oxygens (including phenoxy) is 1. The second-order valence-electron chi connectivity index (χ2n) is 8.69. The van der Waals surface area contributed by atoms with E-state index >= 15 is 0 Å². The zero-order valence-corrected chi connectivity index (χ0v) is 19.4. The van der Waals surface area contributed by atoms with Gasteiger partial charge in [0.2, 0.25) is 0 Å². The quantitative estimate of drug-likeness (QED) is 0.379. The molecule has 0 aliphatic heterocycles. The maximum absolute atomic E-state index is 13.1. The number of carboxylic acids is 1. The van der Waals surface area contributed by atoms with Crippen LogP contribution in [0, 0.1) is 11.8 Å². The molecule has 0 aromatic carbocycles. The number of carboxylic acid groups (broad SMARTS) is 1. The molecule has 9 heteroatoms. The molecule has 168 valence electrons. The molecule has 2 aliphatic carbocycles. The van der Waals surface area contributed by atoms with E-state index in [1.54, 1.807) is 11.7 Å². The molecule has 3 rings (SSSR count). The van der Waals surface area contributed by atoms with E-state index in [0.29, 0.717) is 18.6 Å². The van der Waals surface area contributed by atoms with E-state index in [2.05, 4.69) is 24.1 Å². The number of urea groups is 1. The Labute approximate surface area is 187 Å². The van der Waals surface area contributed by atoms with Crippen LogP contribution in [0.1, 0.15) is 58.8 Å². The van der Waals surface area contributed by atoms with Crippen LogP contribution in [0.15, 0.2) is 15.9 Å². The second-order valence-corrected chi connectivity index (χ2v) is 11.0. The van der Waals surface area contributed by atoms with Crippen molar-refractivity contribution in [1.82, 2.24) is 15.2 Å². The Bertz CT molecular complexity index is 674. The van der Waals surface area contributed by atoms with Gasteiger partial charge in [-0.05, 0) is 56.8 Å².